The molecule has 0 amide bonds. The van der Waals surface area contributed by atoms with Crippen LogP contribution >= 0.6 is 0 Å². The molecule has 0 bridgehead atoms. The summed E-state index contributed by atoms with van der Waals surface area (Å²) < 4.78 is 0. The van der Waals surface area contributed by atoms with Gasteiger partial charge in [-0.2, -0.15) is 0 Å². The standard InChI is InChI=1S/C7H14O2/c1-5-3-6(8)7(2,9)4-5/h5-6,8-9H,3-4H2,1-2H3/t5-,6+,7-/m0/s1. The molecule has 54 valence electrons. The van der Waals surface area contributed by atoms with Crippen molar-refractivity contribution in [2.75, 3.05) is 0 Å². The van der Waals surface area contributed by atoms with E-state index in [-0.39, 0.29) is 0 Å². The third kappa shape index (κ3) is 1.25. The summed E-state index contributed by atoms with van der Waals surface area (Å²) in [4.78, 5) is 0. The van der Waals surface area contributed by atoms with Crippen LogP contribution in [0.5, 0.6) is 0 Å². The number of hydrogen-bond donors (Lipinski definition) is 2. The first-order chi connectivity index (χ1) is 4.02. The highest BCUT2D eigenvalue weighted by atomic mass is 16.3. The maximum atomic E-state index is 9.38. The van der Waals surface area contributed by atoms with Crippen molar-refractivity contribution >= 4 is 0 Å². The molecule has 1 aliphatic carbocycles. The van der Waals surface area contributed by atoms with Gasteiger partial charge in [0.05, 0.1) is 11.7 Å². The maximum Gasteiger partial charge on any atom is 0.0880 e. The smallest absolute Gasteiger partial charge is 0.0880 e. The summed E-state index contributed by atoms with van der Waals surface area (Å²) >= 11 is 0. The van der Waals surface area contributed by atoms with Crippen LogP contribution in [-0.4, -0.2) is 21.9 Å². The summed E-state index contributed by atoms with van der Waals surface area (Å²) in [6.45, 7) is 3.74. The van der Waals surface area contributed by atoms with Gasteiger partial charge in [0.15, 0.2) is 0 Å². The van der Waals surface area contributed by atoms with E-state index < -0.39 is 11.7 Å². The van der Waals surface area contributed by atoms with Crippen LogP contribution in [0.2, 0.25) is 0 Å². The Balaban J connectivity index is 2.58. The molecule has 3 atom stereocenters. The highest BCUT2D eigenvalue weighted by molar-refractivity contribution is 4.91. The normalized spacial score (nSPS) is 52.0. The zero-order valence-corrected chi connectivity index (χ0v) is 5.96. The van der Waals surface area contributed by atoms with E-state index >= 15 is 0 Å². The Labute approximate surface area is 55.5 Å². The van der Waals surface area contributed by atoms with E-state index in [1.165, 1.54) is 0 Å². The van der Waals surface area contributed by atoms with Crippen LogP contribution in [0.3, 0.4) is 0 Å². The predicted molar refractivity (Wildman–Crippen MR) is 35.0 cm³/mol. The van der Waals surface area contributed by atoms with Gasteiger partial charge in [-0.1, -0.05) is 6.92 Å². The van der Waals surface area contributed by atoms with E-state index in [1.54, 1.807) is 6.92 Å². The van der Waals surface area contributed by atoms with Gasteiger partial charge in [0.1, 0.15) is 0 Å². The lowest BCUT2D eigenvalue weighted by Crippen LogP contribution is -2.33. The number of rotatable bonds is 0. The van der Waals surface area contributed by atoms with E-state index in [0.717, 1.165) is 12.8 Å². The number of hydrogen-bond acceptors (Lipinski definition) is 2. The molecule has 0 heterocycles. The monoisotopic (exact) mass is 130 g/mol. The molecule has 2 heteroatoms. The molecule has 0 aliphatic heterocycles. The minimum Gasteiger partial charge on any atom is -0.390 e. The van der Waals surface area contributed by atoms with Gasteiger partial charge in [0.25, 0.3) is 0 Å². The van der Waals surface area contributed by atoms with Crippen LogP contribution < -0.4 is 0 Å². The predicted octanol–water partition coefficient (Wildman–Crippen LogP) is 0.528. The Morgan fingerprint density at radius 2 is 2.11 bits per heavy atom. The highest BCUT2D eigenvalue weighted by Crippen LogP contribution is 2.33. The van der Waals surface area contributed by atoms with Crippen LogP contribution in [-0.2, 0) is 0 Å². The quantitative estimate of drug-likeness (QED) is 0.502. The summed E-state index contributed by atoms with van der Waals surface area (Å²) in [5.41, 5.74) is -0.820. The molecule has 2 nitrogen and oxygen atoms in total. The number of aliphatic hydroxyl groups is 2. The fraction of sp³-hybridized carbons (Fsp3) is 1.00. The molecule has 0 aromatic heterocycles. The van der Waals surface area contributed by atoms with Crippen molar-refractivity contribution in [3.05, 3.63) is 0 Å². The SMILES string of the molecule is C[C@H]1C[C@@H](O)[C@@](C)(O)C1. The largest absolute Gasteiger partial charge is 0.390 e. The Morgan fingerprint density at radius 1 is 1.56 bits per heavy atom. The van der Waals surface area contributed by atoms with Crippen molar-refractivity contribution in [1.29, 1.82) is 0 Å². The molecule has 1 aliphatic rings. The van der Waals surface area contributed by atoms with Gasteiger partial charge in [0.2, 0.25) is 0 Å². The maximum absolute atomic E-state index is 9.38. The van der Waals surface area contributed by atoms with Crippen LogP contribution in [0.1, 0.15) is 26.7 Å². The fourth-order valence-corrected chi connectivity index (χ4v) is 1.56. The molecule has 1 fully saturated rings. The Kier molecular flexibility index (Phi) is 1.53. The summed E-state index contributed by atoms with van der Waals surface area (Å²) in [6, 6.07) is 0. The Morgan fingerprint density at radius 3 is 2.22 bits per heavy atom. The molecule has 1 saturated carbocycles. The molecule has 0 radical (unpaired) electrons. The van der Waals surface area contributed by atoms with Crippen LogP contribution in [0.4, 0.5) is 0 Å². The van der Waals surface area contributed by atoms with E-state index in [9.17, 15) is 10.2 Å². The summed E-state index contributed by atoms with van der Waals surface area (Å²) in [5, 5.41) is 18.6. The molecular weight excluding hydrogens is 116 g/mol. The Bertz CT molecular complexity index is 109. The third-order valence-corrected chi connectivity index (χ3v) is 2.11. The van der Waals surface area contributed by atoms with Crippen molar-refractivity contribution in [2.24, 2.45) is 5.92 Å². The van der Waals surface area contributed by atoms with Gasteiger partial charge in [-0.25, -0.2) is 0 Å². The van der Waals surface area contributed by atoms with Crippen molar-refractivity contribution in [1.82, 2.24) is 0 Å². The molecule has 0 saturated heterocycles. The summed E-state index contributed by atoms with van der Waals surface area (Å²) in [6.07, 6.45) is 0.966. The van der Waals surface area contributed by atoms with Crippen LogP contribution in [0.15, 0.2) is 0 Å². The summed E-state index contributed by atoms with van der Waals surface area (Å²) in [5.74, 6) is 0.468. The fourth-order valence-electron chi connectivity index (χ4n) is 1.56. The second-order valence-corrected chi connectivity index (χ2v) is 3.42. The van der Waals surface area contributed by atoms with Crippen molar-refractivity contribution in [3.8, 4) is 0 Å². The minimum atomic E-state index is -0.820. The van der Waals surface area contributed by atoms with Crippen molar-refractivity contribution in [2.45, 2.75) is 38.4 Å². The lowest BCUT2D eigenvalue weighted by molar-refractivity contribution is -0.0385. The summed E-state index contributed by atoms with van der Waals surface area (Å²) in [7, 11) is 0. The lowest BCUT2D eigenvalue weighted by atomic mass is 10.0. The highest BCUT2D eigenvalue weighted by Gasteiger charge is 2.39. The van der Waals surface area contributed by atoms with E-state index in [0.29, 0.717) is 5.92 Å². The number of aliphatic hydroxyl groups excluding tert-OH is 1. The van der Waals surface area contributed by atoms with Gasteiger partial charge >= 0.3 is 0 Å². The third-order valence-electron chi connectivity index (χ3n) is 2.11. The van der Waals surface area contributed by atoms with Gasteiger partial charge in [-0.3, -0.25) is 0 Å². The molecular formula is C7H14O2. The average molecular weight is 130 g/mol. The second kappa shape index (κ2) is 1.96. The van der Waals surface area contributed by atoms with E-state index in [4.69, 9.17) is 0 Å². The zero-order valence-electron chi connectivity index (χ0n) is 5.96. The molecule has 1 rings (SSSR count). The second-order valence-electron chi connectivity index (χ2n) is 3.42. The van der Waals surface area contributed by atoms with Crippen LogP contribution in [0.25, 0.3) is 0 Å². The average Bonchev–Trinajstić information content (AvgIpc) is 1.79. The minimum absolute atomic E-state index is 0.468. The van der Waals surface area contributed by atoms with Gasteiger partial charge in [-0.15, -0.1) is 0 Å². The van der Waals surface area contributed by atoms with E-state index in [2.05, 4.69) is 0 Å². The lowest BCUT2D eigenvalue weighted by Gasteiger charge is -2.19. The first-order valence-electron chi connectivity index (χ1n) is 3.43. The molecule has 0 unspecified atom stereocenters. The molecule has 0 spiro atoms. The van der Waals surface area contributed by atoms with Gasteiger partial charge in [-0.05, 0) is 25.7 Å². The first-order valence-corrected chi connectivity index (χ1v) is 3.43. The molecule has 0 aromatic rings. The van der Waals surface area contributed by atoms with Gasteiger partial charge < -0.3 is 10.2 Å². The van der Waals surface area contributed by atoms with E-state index in [1.807, 2.05) is 6.92 Å². The first kappa shape index (κ1) is 7.03. The molecule has 9 heavy (non-hydrogen) atoms. The van der Waals surface area contributed by atoms with Gasteiger partial charge in [0, 0.05) is 0 Å². The Hall–Kier alpha value is -0.0800. The molecule has 0 aromatic carbocycles. The van der Waals surface area contributed by atoms with Crippen LogP contribution in [0, 0.1) is 5.92 Å². The zero-order chi connectivity index (χ0) is 7.07. The van der Waals surface area contributed by atoms with Crippen molar-refractivity contribution in [3.63, 3.8) is 0 Å². The topological polar surface area (TPSA) is 40.5 Å². The molecule has 2 N–H and O–H groups in total. The van der Waals surface area contributed by atoms with Crippen molar-refractivity contribution < 1.29 is 10.2 Å².